The SMILES string of the molecule is C[C@H](CO)CNC(=O)c1cn(-c2ccc(Br)cc2)cn1. The molecule has 2 rings (SSSR count). The van der Waals surface area contributed by atoms with Gasteiger partial charge in [-0.15, -0.1) is 0 Å². The molecule has 6 heteroatoms. The number of aliphatic hydroxyl groups is 1. The Morgan fingerprint density at radius 2 is 2.15 bits per heavy atom. The summed E-state index contributed by atoms with van der Waals surface area (Å²) in [6, 6.07) is 7.72. The predicted octanol–water partition coefficient (Wildman–Crippen LogP) is 1.99. The van der Waals surface area contributed by atoms with Crippen LogP contribution in [0.4, 0.5) is 0 Å². The van der Waals surface area contributed by atoms with E-state index in [1.165, 1.54) is 0 Å². The van der Waals surface area contributed by atoms with Gasteiger partial charge in [0.1, 0.15) is 12.0 Å². The minimum atomic E-state index is -0.235. The Hall–Kier alpha value is -1.66. The van der Waals surface area contributed by atoms with Crippen molar-refractivity contribution in [2.24, 2.45) is 5.92 Å². The van der Waals surface area contributed by atoms with Crippen LogP contribution in [-0.4, -0.2) is 33.7 Å². The maximum atomic E-state index is 11.9. The van der Waals surface area contributed by atoms with Gasteiger partial charge in [0.2, 0.25) is 0 Å². The number of amides is 1. The van der Waals surface area contributed by atoms with E-state index in [9.17, 15) is 4.79 Å². The number of carbonyl (C=O) groups is 1. The molecule has 0 spiro atoms. The number of nitrogens with one attached hydrogen (secondary N) is 1. The maximum absolute atomic E-state index is 11.9. The third kappa shape index (κ3) is 3.68. The zero-order valence-corrected chi connectivity index (χ0v) is 12.7. The van der Waals surface area contributed by atoms with Gasteiger partial charge in [-0.1, -0.05) is 22.9 Å². The summed E-state index contributed by atoms with van der Waals surface area (Å²) in [6.45, 7) is 2.34. The number of rotatable bonds is 5. The summed E-state index contributed by atoms with van der Waals surface area (Å²) in [5.41, 5.74) is 1.29. The number of halogens is 1. The summed E-state index contributed by atoms with van der Waals surface area (Å²) in [4.78, 5) is 16.0. The molecule has 1 aromatic carbocycles. The fourth-order valence-corrected chi connectivity index (χ4v) is 1.88. The lowest BCUT2D eigenvalue weighted by molar-refractivity contribution is 0.0938. The number of hydrogen-bond donors (Lipinski definition) is 2. The molecule has 0 fully saturated rings. The second kappa shape index (κ2) is 6.67. The van der Waals surface area contributed by atoms with Crippen molar-refractivity contribution in [3.63, 3.8) is 0 Å². The normalized spacial score (nSPS) is 12.2. The van der Waals surface area contributed by atoms with Crippen molar-refractivity contribution >= 4 is 21.8 Å². The lowest BCUT2D eigenvalue weighted by atomic mass is 10.2. The van der Waals surface area contributed by atoms with Gasteiger partial charge < -0.3 is 15.0 Å². The second-order valence-electron chi connectivity index (χ2n) is 4.64. The van der Waals surface area contributed by atoms with Crippen LogP contribution in [0.25, 0.3) is 5.69 Å². The van der Waals surface area contributed by atoms with E-state index in [2.05, 4.69) is 26.2 Å². The van der Waals surface area contributed by atoms with Crippen LogP contribution in [0, 0.1) is 5.92 Å². The molecule has 2 aromatic rings. The molecule has 1 aromatic heterocycles. The van der Waals surface area contributed by atoms with E-state index in [1.807, 2.05) is 31.2 Å². The van der Waals surface area contributed by atoms with E-state index in [0.717, 1.165) is 10.2 Å². The molecule has 1 amide bonds. The Morgan fingerprint density at radius 3 is 2.80 bits per heavy atom. The number of hydrogen-bond acceptors (Lipinski definition) is 3. The average Bonchev–Trinajstić information content (AvgIpc) is 2.95. The Labute approximate surface area is 125 Å². The summed E-state index contributed by atoms with van der Waals surface area (Å²) >= 11 is 3.38. The third-order valence-corrected chi connectivity index (χ3v) is 3.39. The van der Waals surface area contributed by atoms with Crippen LogP contribution >= 0.6 is 15.9 Å². The molecule has 0 aliphatic heterocycles. The summed E-state index contributed by atoms with van der Waals surface area (Å²) in [6.07, 6.45) is 3.29. The highest BCUT2D eigenvalue weighted by Crippen LogP contribution is 2.14. The van der Waals surface area contributed by atoms with E-state index >= 15 is 0 Å². The second-order valence-corrected chi connectivity index (χ2v) is 5.56. The molecule has 2 N–H and O–H groups in total. The zero-order valence-electron chi connectivity index (χ0n) is 11.1. The van der Waals surface area contributed by atoms with Crippen molar-refractivity contribution in [2.75, 3.05) is 13.2 Å². The monoisotopic (exact) mass is 337 g/mol. The minimum absolute atomic E-state index is 0.0347. The number of aromatic nitrogens is 2. The minimum Gasteiger partial charge on any atom is -0.396 e. The van der Waals surface area contributed by atoms with Crippen molar-refractivity contribution in [1.82, 2.24) is 14.9 Å². The quantitative estimate of drug-likeness (QED) is 0.876. The highest BCUT2D eigenvalue weighted by Gasteiger charge is 2.11. The molecule has 0 bridgehead atoms. The molecular formula is C14H16BrN3O2. The van der Waals surface area contributed by atoms with Gasteiger partial charge in [0.25, 0.3) is 5.91 Å². The van der Waals surface area contributed by atoms with Crippen molar-refractivity contribution in [3.8, 4) is 5.69 Å². The van der Waals surface area contributed by atoms with Crippen LogP contribution in [0.3, 0.4) is 0 Å². The molecule has 5 nitrogen and oxygen atoms in total. The van der Waals surface area contributed by atoms with Gasteiger partial charge in [-0.05, 0) is 30.2 Å². The molecule has 1 atom stereocenters. The van der Waals surface area contributed by atoms with Crippen LogP contribution in [-0.2, 0) is 0 Å². The molecule has 0 aliphatic rings. The van der Waals surface area contributed by atoms with Crippen molar-refractivity contribution in [3.05, 3.63) is 47.0 Å². The first-order valence-corrected chi connectivity index (χ1v) is 7.08. The first-order valence-electron chi connectivity index (χ1n) is 6.29. The standard InChI is InChI=1S/C14H16BrN3O2/c1-10(8-19)6-16-14(20)13-7-18(9-17-13)12-4-2-11(15)3-5-12/h2-5,7,9-10,19H,6,8H2,1H3,(H,16,20)/t10-/m0/s1. The lowest BCUT2D eigenvalue weighted by Gasteiger charge is -2.08. The highest BCUT2D eigenvalue weighted by molar-refractivity contribution is 9.10. The van der Waals surface area contributed by atoms with E-state index in [4.69, 9.17) is 5.11 Å². The predicted molar refractivity (Wildman–Crippen MR) is 79.8 cm³/mol. The Balaban J connectivity index is 2.05. The van der Waals surface area contributed by atoms with Gasteiger partial charge >= 0.3 is 0 Å². The fourth-order valence-electron chi connectivity index (χ4n) is 1.62. The van der Waals surface area contributed by atoms with E-state index < -0.39 is 0 Å². The molecule has 0 unspecified atom stereocenters. The van der Waals surface area contributed by atoms with Gasteiger partial charge in [-0.3, -0.25) is 4.79 Å². The fraction of sp³-hybridized carbons (Fsp3) is 0.286. The Morgan fingerprint density at radius 1 is 1.45 bits per heavy atom. The summed E-state index contributed by atoms with van der Waals surface area (Å²) in [5, 5.41) is 11.7. The average molecular weight is 338 g/mol. The summed E-state index contributed by atoms with van der Waals surface area (Å²) in [5.74, 6) is -0.200. The van der Waals surface area contributed by atoms with Crippen molar-refractivity contribution < 1.29 is 9.90 Å². The molecule has 1 heterocycles. The molecule has 0 aliphatic carbocycles. The highest BCUT2D eigenvalue weighted by atomic mass is 79.9. The summed E-state index contributed by atoms with van der Waals surface area (Å²) in [7, 11) is 0. The number of nitrogens with zero attached hydrogens (tertiary/aromatic N) is 2. The molecule has 20 heavy (non-hydrogen) atoms. The van der Waals surface area contributed by atoms with Gasteiger partial charge in [0.15, 0.2) is 0 Å². The van der Waals surface area contributed by atoms with E-state index in [-0.39, 0.29) is 18.4 Å². The topological polar surface area (TPSA) is 67.2 Å². The molecule has 0 saturated heterocycles. The Bertz CT molecular complexity index is 580. The molecule has 106 valence electrons. The first-order chi connectivity index (χ1) is 9.60. The van der Waals surface area contributed by atoms with Crippen LogP contribution in [0.2, 0.25) is 0 Å². The smallest absolute Gasteiger partial charge is 0.271 e. The van der Waals surface area contributed by atoms with Crippen LogP contribution < -0.4 is 5.32 Å². The first kappa shape index (κ1) is 14.7. The van der Waals surface area contributed by atoms with E-state index in [1.54, 1.807) is 17.1 Å². The van der Waals surface area contributed by atoms with Gasteiger partial charge in [0.05, 0.1) is 0 Å². The molecule has 0 saturated carbocycles. The lowest BCUT2D eigenvalue weighted by Crippen LogP contribution is -2.29. The molecule has 0 radical (unpaired) electrons. The van der Waals surface area contributed by atoms with Gasteiger partial charge in [-0.2, -0.15) is 0 Å². The van der Waals surface area contributed by atoms with Crippen LogP contribution in [0.15, 0.2) is 41.3 Å². The third-order valence-electron chi connectivity index (χ3n) is 2.86. The number of imidazole rings is 1. The van der Waals surface area contributed by atoms with Crippen molar-refractivity contribution in [1.29, 1.82) is 0 Å². The number of aliphatic hydroxyl groups excluding tert-OH is 1. The number of benzene rings is 1. The largest absolute Gasteiger partial charge is 0.396 e. The van der Waals surface area contributed by atoms with Crippen molar-refractivity contribution in [2.45, 2.75) is 6.92 Å². The van der Waals surface area contributed by atoms with Crippen LogP contribution in [0.1, 0.15) is 17.4 Å². The summed E-state index contributed by atoms with van der Waals surface area (Å²) < 4.78 is 2.79. The van der Waals surface area contributed by atoms with Gasteiger partial charge in [-0.25, -0.2) is 4.98 Å². The van der Waals surface area contributed by atoms with Gasteiger partial charge in [0, 0.05) is 29.5 Å². The zero-order chi connectivity index (χ0) is 14.5. The molecular weight excluding hydrogens is 322 g/mol. The number of carbonyl (C=O) groups excluding carboxylic acids is 1. The van der Waals surface area contributed by atoms with E-state index in [0.29, 0.717) is 12.2 Å². The Kier molecular flexibility index (Phi) is 4.92. The van der Waals surface area contributed by atoms with Crippen LogP contribution in [0.5, 0.6) is 0 Å². The maximum Gasteiger partial charge on any atom is 0.271 e.